The van der Waals surface area contributed by atoms with Gasteiger partial charge in [-0.05, 0) is 37.6 Å². The maximum Gasteiger partial charge on any atom is 0.223 e. The second kappa shape index (κ2) is 6.48. The molecule has 1 unspecified atom stereocenters. The first-order valence-electron chi connectivity index (χ1n) is 5.71. The van der Waals surface area contributed by atoms with Crippen molar-refractivity contribution in [3.63, 3.8) is 0 Å². The van der Waals surface area contributed by atoms with Crippen LogP contribution in [-0.4, -0.2) is 18.0 Å². The molecule has 0 radical (unpaired) electrons. The zero-order chi connectivity index (χ0) is 13.5. The highest BCUT2D eigenvalue weighted by Crippen LogP contribution is 2.19. The predicted molar refractivity (Wildman–Crippen MR) is 73.9 cm³/mol. The smallest absolute Gasteiger partial charge is 0.223 e. The number of aliphatic imine (C=N–C) groups is 2. The quantitative estimate of drug-likeness (QED) is 0.547. The van der Waals surface area contributed by atoms with Crippen molar-refractivity contribution in [3.05, 3.63) is 24.3 Å². The highest BCUT2D eigenvalue weighted by atomic mass is 16.5. The van der Waals surface area contributed by atoms with E-state index in [4.69, 9.17) is 21.9 Å². The third-order valence-corrected chi connectivity index (χ3v) is 2.24. The molecule has 0 saturated carbocycles. The molecular formula is C12H19N5O. The number of hydrogen-bond acceptors (Lipinski definition) is 2. The lowest BCUT2D eigenvalue weighted by Crippen LogP contribution is -2.26. The number of rotatable bonds is 4. The summed E-state index contributed by atoms with van der Waals surface area (Å²) < 4.78 is 5.64. The van der Waals surface area contributed by atoms with Crippen LogP contribution in [0.5, 0.6) is 5.75 Å². The maximum absolute atomic E-state index is 5.64. The van der Waals surface area contributed by atoms with Crippen molar-refractivity contribution in [2.24, 2.45) is 27.2 Å². The summed E-state index contributed by atoms with van der Waals surface area (Å²) >= 11 is 0. The van der Waals surface area contributed by atoms with Gasteiger partial charge in [-0.3, -0.25) is 0 Å². The van der Waals surface area contributed by atoms with Crippen molar-refractivity contribution in [3.8, 4) is 5.75 Å². The second-order valence-electron chi connectivity index (χ2n) is 3.84. The second-order valence-corrected chi connectivity index (χ2v) is 3.84. The van der Waals surface area contributed by atoms with E-state index in [1.54, 1.807) is 12.1 Å². The van der Waals surface area contributed by atoms with Gasteiger partial charge in [-0.1, -0.05) is 6.92 Å². The Morgan fingerprint density at radius 3 is 2.33 bits per heavy atom. The minimum absolute atomic E-state index is 0.0191. The van der Waals surface area contributed by atoms with E-state index in [0.717, 1.165) is 12.2 Å². The normalized spacial score (nSPS) is 12.9. The molecule has 0 aliphatic rings. The van der Waals surface area contributed by atoms with Crippen LogP contribution in [0.3, 0.4) is 0 Å². The molecule has 0 aromatic heterocycles. The van der Waals surface area contributed by atoms with Gasteiger partial charge < -0.3 is 21.9 Å². The summed E-state index contributed by atoms with van der Waals surface area (Å²) in [6.45, 7) is 4.09. The molecule has 0 bridgehead atoms. The molecule has 18 heavy (non-hydrogen) atoms. The van der Waals surface area contributed by atoms with Crippen LogP contribution >= 0.6 is 0 Å². The van der Waals surface area contributed by atoms with Crippen molar-refractivity contribution in [2.45, 2.75) is 26.4 Å². The van der Waals surface area contributed by atoms with Crippen LogP contribution in [0.2, 0.25) is 0 Å². The minimum Gasteiger partial charge on any atom is -0.491 e. The zero-order valence-electron chi connectivity index (χ0n) is 10.6. The van der Waals surface area contributed by atoms with Gasteiger partial charge >= 0.3 is 0 Å². The predicted octanol–water partition coefficient (Wildman–Crippen LogP) is 1.08. The largest absolute Gasteiger partial charge is 0.491 e. The van der Waals surface area contributed by atoms with Crippen molar-refractivity contribution in [1.29, 1.82) is 0 Å². The average molecular weight is 249 g/mol. The van der Waals surface area contributed by atoms with E-state index in [1.165, 1.54) is 0 Å². The van der Waals surface area contributed by atoms with Gasteiger partial charge in [0, 0.05) is 0 Å². The Balaban J connectivity index is 2.74. The van der Waals surface area contributed by atoms with Gasteiger partial charge in [0.2, 0.25) is 5.96 Å². The molecule has 6 heteroatoms. The van der Waals surface area contributed by atoms with E-state index in [2.05, 4.69) is 16.9 Å². The van der Waals surface area contributed by atoms with E-state index < -0.39 is 0 Å². The number of benzene rings is 1. The summed E-state index contributed by atoms with van der Waals surface area (Å²) in [6, 6.07) is 7.22. The van der Waals surface area contributed by atoms with Gasteiger partial charge in [0.1, 0.15) is 5.75 Å². The van der Waals surface area contributed by atoms with Crippen LogP contribution in [0, 0.1) is 0 Å². The minimum atomic E-state index is -0.118. The lowest BCUT2D eigenvalue weighted by atomic mass is 10.3. The van der Waals surface area contributed by atoms with E-state index >= 15 is 0 Å². The Morgan fingerprint density at radius 2 is 1.83 bits per heavy atom. The maximum atomic E-state index is 5.64. The molecule has 0 saturated heterocycles. The zero-order valence-corrected chi connectivity index (χ0v) is 10.6. The van der Waals surface area contributed by atoms with Gasteiger partial charge in [-0.15, -0.1) is 0 Å². The van der Waals surface area contributed by atoms with Crippen molar-refractivity contribution < 1.29 is 4.74 Å². The molecule has 0 aliphatic carbocycles. The lowest BCUT2D eigenvalue weighted by Gasteiger charge is -2.12. The molecule has 0 spiro atoms. The van der Waals surface area contributed by atoms with Crippen molar-refractivity contribution in [1.82, 2.24) is 0 Å². The monoisotopic (exact) mass is 249 g/mol. The Morgan fingerprint density at radius 1 is 1.22 bits per heavy atom. The first-order valence-corrected chi connectivity index (χ1v) is 5.71. The molecule has 1 aromatic carbocycles. The van der Waals surface area contributed by atoms with E-state index in [1.807, 2.05) is 19.1 Å². The highest BCUT2D eigenvalue weighted by Gasteiger charge is 2.00. The van der Waals surface area contributed by atoms with E-state index in [9.17, 15) is 0 Å². The Bertz CT molecular complexity index is 434. The molecule has 0 heterocycles. The van der Waals surface area contributed by atoms with Crippen LogP contribution < -0.4 is 21.9 Å². The first kappa shape index (κ1) is 13.8. The van der Waals surface area contributed by atoms with E-state index in [-0.39, 0.29) is 18.0 Å². The number of nitrogens with two attached hydrogens (primary N) is 3. The summed E-state index contributed by atoms with van der Waals surface area (Å²) in [6.07, 6.45) is 1.14. The summed E-state index contributed by atoms with van der Waals surface area (Å²) in [4.78, 5) is 7.66. The molecular weight excluding hydrogens is 230 g/mol. The topological polar surface area (TPSA) is 112 Å². The van der Waals surface area contributed by atoms with Gasteiger partial charge in [-0.2, -0.15) is 4.99 Å². The molecule has 98 valence electrons. The molecule has 6 nitrogen and oxygen atoms in total. The van der Waals surface area contributed by atoms with E-state index in [0.29, 0.717) is 5.69 Å². The summed E-state index contributed by atoms with van der Waals surface area (Å²) in [5.41, 5.74) is 16.6. The van der Waals surface area contributed by atoms with Gasteiger partial charge in [0.05, 0.1) is 11.8 Å². The fourth-order valence-electron chi connectivity index (χ4n) is 1.20. The highest BCUT2D eigenvalue weighted by molar-refractivity contribution is 5.93. The summed E-state index contributed by atoms with van der Waals surface area (Å²) in [7, 11) is 0. The van der Waals surface area contributed by atoms with Crippen LogP contribution in [0.15, 0.2) is 34.3 Å². The Labute approximate surface area is 107 Å². The molecule has 1 aromatic rings. The fourth-order valence-corrected chi connectivity index (χ4v) is 1.20. The van der Waals surface area contributed by atoms with Gasteiger partial charge in [-0.25, -0.2) is 4.99 Å². The van der Waals surface area contributed by atoms with Crippen LogP contribution in [0.25, 0.3) is 0 Å². The van der Waals surface area contributed by atoms with Crippen LogP contribution in [0.1, 0.15) is 20.3 Å². The van der Waals surface area contributed by atoms with Gasteiger partial charge in [0.25, 0.3) is 0 Å². The molecule has 1 rings (SSSR count). The molecule has 6 N–H and O–H groups in total. The van der Waals surface area contributed by atoms with Gasteiger partial charge in [0.15, 0.2) is 5.96 Å². The van der Waals surface area contributed by atoms with Crippen molar-refractivity contribution in [2.75, 3.05) is 0 Å². The Hall–Kier alpha value is -2.24. The first-order chi connectivity index (χ1) is 8.51. The van der Waals surface area contributed by atoms with Crippen LogP contribution in [0.4, 0.5) is 5.69 Å². The summed E-state index contributed by atoms with van der Waals surface area (Å²) in [5, 5.41) is 0. The standard InChI is InChI=1S/C12H19N5O/c1-3-8(2)18-10-6-4-9(5-7-10)16-12(15)17-11(13)14/h4-8H,3H2,1-2H3,(H6,13,14,15,16,17). The third-order valence-electron chi connectivity index (χ3n) is 2.24. The number of guanidine groups is 2. The average Bonchev–Trinajstić information content (AvgIpc) is 2.30. The van der Waals surface area contributed by atoms with Crippen LogP contribution in [-0.2, 0) is 0 Å². The lowest BCUT2D eigenvalue weighted by molar-refractivity contribution is 0.217. The Kier molecular flexibility index (Phi) is 4.98. The number of hydrogen-bond donors (Lipinski definition) is 3. The molecule has 0 aliphatic heterocycles. The van der Waals surface area contributed by atoms with Crippen molar-refractivity contribution >= 4 is 17.6 Å². The molecule has 0 amide bonds. The fraction of sp³-hybridized carbons (Fsp3) is 0.333. The third kappa shape index (κ3) is 4.73. The molecule has 1 atom stereocenters. The number of nitrogens with zero attached hydrogens (tertiary/aromatic N) is 2. The molecule has 0 fully saturated rings. The SMILES string of the molecule is CCC(C)Oc1ccc(N=C(N)N=C(N)N)cc1. The number of ether oxygens (including phenoxy) is 1. The summed E-state index contributed by atoms with van der Waals surface area (Å²) in [5.74, 6) is 0.697.